The Labute approximate surface area is 148 Å². The molecule has 0 radical (unpaired) electrons. The van der Waals surface area contributed by atoms with Crippen molar-refractivity contribution < 1.29 is 23.8 Å². The molecule has 5 nitrogen and oxygen atoms in total. The highest BCUT2D eigenvalue weighted by atomic mass is 16.6. The van der Waals surface area contributed by atoms with Crippen LogP contribution in [-0.4, -0.2) is 28.9 Å². The van der Waals surface area contributed by atoms with Crippen LogP contribution in [0.25, 0.3) is 0 Å². The van der Waals surface area contributed by atoms with Gasteiger partial charge < -0.3 is 19.0 Å². The molecule has 1 aliphatic heterocycles. The number of carbonyl (C=O) groups is 1. The fourth-order valence-corrected chi connectivity index (χ4v) is 4.98. The van der Waals surface area contributed by atoms with Gasteiger partial charge in [-0.2, -0.15) is 0 Å². The highest BCUT2D eigenvalue weighted by Crippen LogP contribution is 2.69. The topological polar surface area (TPSA) is 72.2 Å². The number of epoxide rings is 1. The monoisotopic (exact) mass is 346 g/mol. The number of hydrogen-bond acceptors (Lipinski definition) is 5. The van der Waals surface area contributed by atoms with E-state index in [1.54, 1.807) is 19.3 Å². The number of ether oxygens (including phenoxy) is 2. The number of allylic oxidation sites excluding steroid dienone is 1. The SMILES string of the molecule is C/C=C(/C)C(=O)O[C@@H]1c2c(C)coc2C[C@@]23OC2C[C@H](O)[C@H](C)[C@@]13C. The molecule has 2 heterocycles. The zero-order chi connectivity index (χ0) is 18.1. The molecule has 6 atom stereocenters. The van der Waals surface area contributed by atoms with Crippen molar-refractivity contribution in [2.75, 3.05) is 0 Å². The molecule has 2 fully saturated rings. The number of aliphatic hydroxyl groups excluding tert-OH is 1. The first-order chi connectivity index (χ1) is 11.8. The van der Waals surface area contributed by atoms with Crippen molar-refractivity contribution in [2.24, 2.45) is 11.3 Å². The van der Waals surface area contributed by atoms with E-state index in [2.05, 4.69) is 6.92 Å². The van der Waals surface area contributed by atoms with Crippen LogP contribution in [0.4, 0.5) is 0 Å². The van der Waals surface area contributed by atoms with E-state index in [9.17, 15) is 9.90 Å². The van der Waals surface area contributed by atoms with Crippen molar-refractivity contribution in [1.29, 1.82) is 0 Å². The number of rotatable bonds is 2. The van der Waals surface area contributed by atoms with Crippen LogP contribution in [0.5, 0.6) is 0 Å². The first kappa shape index (κ1) is 16.9. The molecule has 1 saturated heterocycles. The smallest absolute Gasteiger partial charge is 0.334 e. The van der Waals surface area contributed by atoms with Gasteiger partial charge in [-0.1, -0.05) is 19.9 Å². The van der Waals surface area contributed by atoms with Gasteiger partial charge in [0.2, 0.25) is 0 Å². The van der Waals surface area contributed by atoms with E-state index in [-0.39, 0.29) is 18.0 Å². The summed E-state index contributed by atoms with van der Waals surface area (Å²) in [6.07, 6.45) is 3.80. The third-order valence-corrected chi connectivity index (χ3v) is 7.02. The predicted octanol–water partition coefficient (Wildman–Crippen LogP) is 3.24. The summed E-state index contributed by atoms with van der Waals surface area (Å²) in [6, 6.07) is 0. The Kier molecular flexibility index (Phi) is 3.51. The van der Waals surface area contributed by atoms with Crippen LogP contribution in [0.15, 0.2) is 22.3 Å². The van der Waals surface area contributed by atoms with Crippen LogP contribution in [0, 0.1) is 18.3 Å². The molecule has 1 unspecified atom stereocenters. The summed E-state index contributed by atoms with van der Waals surface area (Å²) >= 11 is 0. The summed E-state index contributed by atoms with van der Waals surface area (Å²) in [6.45, 7) is 9.68. The average molecular weight is 346 g/mol. The molecule has 0 aromatic carbocycles. The molecule has 1 aromatic heterocycles. The maximum Gasteiger partial charge on any atom is 0.334 e. The quantitative estimate of drug-likeness (QED) is 0.506. The highest BCUT2D eigenvalue weighted by Gasteiger charge is 2.77. The van der Waals surface area contributed by atoms with Gasteiger partial charge in [-0.3, -0.25) is 0 Å². The summed E-state index contributed by atoms with van der Waals surface area (Å²) < 4.78 is 18.0. The minimum atomic E-state index is -0.499. The van der Waals surface area contributed by atoms with Crippen LogP contribution in [0.2, 0.25) is 0 Å². The Morgan fingerprint density at radius 3 is 2.88 bits per heavy atom. The first-order valence-electron chi connectivity index (χ1n) is 9.03. The Hall–Kier alpha value is -1.59. The van der Waals surface area contributed by atoms with Gasteiger partial charge in [-0.05, 0) is 32.3 Å². The Morgan fingerprint density at radius 1 is 1.48 bits per heavy atom. The van der Waals surface area contributed by atoms with Crippen molar-refractivity contribution in [1.82, 2.24) is 0 Å². The molecule has 0 bridgehead atoms. The summed E-state index contributed by atoms with van der Waals surface area (Å²) in [7, 11) is 0. The van der Waals surface area contributed by atoms with Crippen LogP contribution in [0.3, 0.4) is 0 Å². The minimum Gasteiger partial charge on any atom is -0.469 e. The number of hydrogen-bond donors (Lipinski definition) is 1. The predicted molar refractivity (Wildman–Crippen MR) is 90.9 cm³/mol. The number of furan rings is 1. The van der Waals surface area contributed by atoms with E-state index in [0.717, 1.165) is 16.9 Å². The third-order valence-electron chi connectivity index (χ3n) is 7.02. The third kappa shape index (κ3) is 1.99. The van der Waals surface area contributed by atoms with E-state index in [1.165, 1.54) is 0 Å². The van der Waals surface area contributed by atoms with Gasteiger partial charge >= 0.3 is 5.97 Å². The lowest BCUT2D eigenvalue weighted by molar-refractivity contribution is -0.171. The van der Waals surface area contributed by atoms with Gasteiger partial charge in [0.1, 0.15) is 17.5 Å². The maximum atomic E-state index is 12.6. The lowest BCUT2D eigenvalue weighted by Crippen LogP contribution is -2.58. The Bertz CT molecular complexity index is 762. The molecule has 1 saturated carbocycles. The summed E-state index contributed by atoms with van der Waals surface area (Å²) in [5, 5.41) is 10.6. The van der Waals surface area contributed by atoms with E-state index < -0.39 is 23.2 Å². The second-order valence-electron chi connectivity index (χ2n) is 8.06. The molecule has 1 spiro atoms. The van der Waals surface area contributed by atoms with Gasteiger partial charge in [0.25, 0.3) is 0 Å². The lowest BCUT2D eigenvalue weighted by Gasteiger charge is -2.52. The maximum absolute atomic E-state index is 12.6. The van der Waals surface area contributed by atoms with Crippen molar-refractivity contribution >= 4 is 5.97 Å². The number of aliphatic hydroxyl groups is 1. The second kappa shape index (κ2) is 5.21. The molecule has 136 valence electrons. The van der Waals surface area contributed by atoms with Crippen LogP contribution >= 0.6 is 0 Å². The Balaban J connectivity index is 1.85. The number of aryl methyl sites for hydroxylation is 1. The van der Waals surface area contributed by atoms with E-state index in [0.29, 0.717) is 18.4 Å². The number of esters is 1. The van der Waals surface area contributed by atoms with Crippen LogP contribution < -0.4 is 0 Å². The zero-order valence-electron chi connectivity index (χ0n) is 15.5. The molecule has 1 N–H and O–H groups in total. The van der Waals surface area contributed by atoms with Crippen molar-refractivity contribution in [3.63, 3.8) is 0 Å². The fraction of sp³-hybridized carbons (Fsp3) is 0.650. The van der Waals surface area contributed by atoms with E-state index >= 15 is 0 Å². The zero-order valence-corrected chi connectivity index (χ0v) is 15.5. The van der Waals surface area contributed by atoms with Crippen molar-refractivity contribution in [3.8, 4) is 0 Å². The largest absolute Gasteiger partial charge is 0.469 e. The van der Waals surface area contributed by atoms with Gasteiger partial charge in [0.15, 0.2) is 0 Å². The second-order valence-corrected chi connectivity index (χ2v) is 8.06. The van der Waals surface area contributed by atoms with Gasteiger partial charge in [-0.15, -0.1) is 0 Å². The molecule has 3 aliphatic rings. The molecule has 1 aromatic rings. The molecule has 5 heteroatoms. The van der Waals surface area contributed by atoms with Crippen molar-refractivity contribution in [2.45, 2.75) is 71.4 Å². The highest BCUT2D eigenvalue weighted by molar-refractivity contribution is 5.88. The normalized spacial score (nSPS) is 42.2. The fourth-order valence-electron chi connectivity index (χ4n) is 4.98. The number of fused-ring (bicyclic) bond motifs is 1. The van der Waals surface area contributed by atoms with Crippen LogP contribution in [0.1, 0.15) is 57.1 Å². The molecule has 25 heavy (non-hydrogen) atoms. The van der Waals surface area contributed by atoms with E-state index in [4.69, 9.17) is 13.9 Å². The van der Waals surface area contributed by atoms with Gasteiger partial charge in [0.05, 0.1) is 18.5 Å². The first-order valence-corrected chi connectivity index (χ1v) is 9.03. The molecule has 2 aliphatic carbocycles. The van der Waals surface area contributed by atoms with Gasteiger partial charge in [0, 0.05) is 29.4 Å². The standard InChI is InChI=1S/C20H26O5/c1-6-10(2)18(22)24-17-16-11(3)9-23-14(16)8-20-15(25-20)7-13(21)12(4)19(17,20)5/h6,9,12-13,15,17,21H,7-8H2,1-5H3/b10-6-/t12-,13-,15?,17+,19-,20+/m0/s1. The van der Waals surface area contributed by atoms with Crippen LogP contribution in [-0.2, 0) is 20.7 Å². The van der Waals surface area contributed by atoms with Crippen molar-refractivity contribution in [3.05, 3.63) is 34.8 Å². The van der Waals surface area contributed by atoms with Gasteiger partial charge in [-0.25, -0.2) is 4.79 Å². The molecule has 0 amide bonds. The summed E-state index contributed by atoms with van der Waals surface area (Å²) in [5.41, 5.74) is 1.58. The number of carbonyl (C=O) groups excluding carboxylic acids is 1. The molecule has 4 rings (SSSR count). The minimum absolute atomic E-state index is 0.00808. The summed E-state index contributed by atoms with van der Waals surface area (Å²) in [4.78, 5) is 12.6. The molecular formula is C20H26O5. The lowest BCUT2D eigenvalue weighted by atomic mass is 9.53. The van der Waals surface area contributed by atoms with E-state index in [1.807, 2.05) is 20.8 Å². The Morgan fingerprint density at radius 2 is 2.20 bits per heavy atom. The average Bonchev–Trinajstić information content (AvgIpc) is 3.16. The summed E-state index contributed by atoms with van der Waals surface area (Å²) in [5.74, 6) is 0.455. The molecular weight excluding hydrogens is 320 g/mol.